The summed E-state index contributed by atoms with van der Waals surface area (Å²) in [6, 6.07) is 21.7. The van der Waals surface area contributed by atoms with E-state index in [1.165, 1.54) is 22.4 Å². The van der Waals surface area contributed by atoms with Crippen molar-refractivity contribution in [3.8, 4) is 0 Å². The Kier molecular flexibility index (Phi) is 3.47. The van der Waals surface area contributed by atoms with Gasteiger partial charge in [-0.05, 0) is 16.7 Å². The Labute approximate surface area is 131 Å². The normalized spacial score (nSPS) is 27.4. The van der Waals surface area contributed by atoms with Crippen molar-refractivity contribution in [2.24, 2.45) is 5.92 Å². The van der Waals surface area contributed by atoms with Crippen LogP contribution in [0, 0.1) is 5.92 Å². The third-order valence-corrected chi connectivity index (χ3v) is 4.85. The van der Waals surface area contributed by atoms with Gasteiger partial charge in [-0.3, -0.25) is 0 Å². The molecule has 0 unspecified atom stereocenters. The molecule has 2 heterocycles. The third kappa shape index (κ3) is 2.24. The molecule has 22 heavy (non-hydrogen) atoms. The predicted octanol–water partition coefficient (Wildman–Crippen LogP) is 4.38. The summed E-state index contributed by atoms with van der Waals surface area (Å²) in [5.74, 6) is 0.447. The Balaban J connectivity index is 1.68. The van der Waals surface area contributed by atoms with E-state index in [4.69, 9.17) is 4.74 Å². The minimum absolute atomic E-state index is 0.0983. The molecule has 2 nitrogen and oxygen atoms in total. The van der Waals surface area contributed by atoms with Crippen LogP contribution in [-0.2, 0) is 4.74 Å². The molecule has 0 radical (unpaired) electrons. The first-order chi connectivity index (χ1) is 10.8. The zero-order valence-corrected chi connectivity index (χ0v) is 12.8. The van der Waals surface area contributed by atoms with Crippen molar-refractivity contribution in [3.63, 3.8) is 0 Å². The van der Waals surface area contributed by atoms with E-state index in [2.05, 4.69) is 72.9 Å². The van der Waals surface area contributed by atoms with Gasteiger partial charge in [-0.25, -0.2) is 0 Å². The van der Waals surface area contributed by atoms with E-state index in [9.17, 15) is 0 Å². The number of rotatable bonds is 2. The molecule has 0 spiro atoms. The van der Waals surface area contributed by atoms with Gasteiger partial charge in [0.2, 0.25) is 0 Å². The summed E-state index contributed by atoms with van der Waals surface area (Å²) < 4.78 is 6.13. The molecular formula is C20H21NO. The van der Waals surface area contributed by atoms with Crippen LogP contribution in [0.2, 0.25) is 0 Å². The van der Waals surface area contributed by atoms with Gasteiger partial charge in [0.25, 0.3) is 0 Å². The zero-order chi connectivity index (χ0) is 14.9. The van der Waals surface area contributed by atoms with Crippen molar-refractivity contribution >= 4 is 0 Å². The molecule has 0 aliphatic carbocycles. The number of hydrogen-bond donors (Lipinski definition) is 1. The molecule has 2 aliphatic rings. The summed E-state index contributed by atoms with van der Waals surface area (Å²) in [5, 5.41) is 3.76. The molecule has 0 fully saturated rings. The molecule has 2 heteroatoms. The van der Waals surface area contributed by atoms with Crippen LogP contribution in [-0.4, -0.2) is 6.61 Å². The Hall–Kier alpha value is -2.06. The summed E-state index contributed by atoms with van der Waals surface area (Å²) in [6.45, 7) is 3.11. The summed E-state index contributed by atoms with van der Waals surface area (Å²) in [4.78, 5) is 0. The highest BCUT2D eigenvalue weighted by molar-refractivity contribution is 5.39. The van der Waals surface area contributed by atoms with Crippen LogP contribution in [0.4, 0.5) is 0 Å². The summed E-state index contributed by atoms with van der Waals surface area (Å²) in [5.41, 5.74) is 5.45. The van der Waals surface area contributed by atoms with Gasteiger partial charge in [-0.1, -0.05) is 67.6 Å². The Morgan fingerprint density at radius 2 is 1.55 bits per heavy atom. The van der Waals surface area contributed by atoms with Crippen molar-refractivity contribution in [2.45, 2.75) is 25.5 Å². The smallest absolute Gasteiger partial charge is 0.106 e. The van der Waals surface area contributed by atoms with Gasteiger partial charge < -0.3 is 10.1 Å². The molecule has 2 aromatic rings. The first-order valence-electron chi connectivity index (χ1n) is 8.05. The van der Waals surface area contributed by atoms with Gasteiger partial charge in [0.05, 0.1) is 12.6 Å². The molecule has 0 saturated carbocycles. The van der Waals surface area contributed by atoms with E-state index in [0.717, 1.165) is 13.0 Å². The van der Waals surface area contributed by atoms with Crippen molar-refractivity contribution in [2.75, 3.05) is 6.61 Å². The molecule has 2 aliphatic heterocycles. The first-order valence-corrected chi connectivity index (χ1v) is 8.05. The van der Waals surface area contributed by atoms with Gasteiger partial charge in [0.15, 0.2) is 0 Å². The van der Waals surface area contributed by atoms with Gasteiger partial charge in [0.1, 0.15) is 6.10 Å². The second-order valence-corrected chi connectivity index (χ2v) is 6.17. The van der Waals surface area contributed by atoms with E-state index >= 15 is 0 Å². The van der Waals surface area contributed by atoms with Gasteiger partial charge >= 0.3 is 0 Å². The topological polar surface area (TPSA) is 21.3 Å². The molecule has 2 aromatic carbocycles. The van der Waals surface area contributed by atoms with E-state index in [1.807, 2.05) is 0 Å². The average Bonchev–Trinajstić information content (AvgIpc) is 2.94. The van der Waals surface area contributed by atoms with Crippen molar-refractivity contribution in [1.29, 1.82) is 0 Å². The Morgan fingerprint density at radius 3 is 2.23 bits per heavy atom. The fourth-order valence-corrected chi connectivity index (χ4v) is 3.77. The van der Waals surface area contributed by atoms with Crippen molar-refractivity contribution in [1.82, 2.24) is 5.32 Å². The fourth-order valence-electron chi connectivity index (χ4n) is 3.77. The molecule has 112 valence electrons. The van der Waals surface area contributed by atoms with Gasteiger partial charge in [-0.2, -0.15) is 0 Å². The predicted molar refractivity (Wildman–Crippen MR) is 88.3 cm³/mol. The minimum Gasteiger partial charge on any atom is -0.381 e. The maximum atomic E-state index is 6.13. The lowest BCUT2D eigenvalue weighted by Crippen LogP contribution is -2.19. The van der Waals surface area contributed by atoms with Crippen molar-refractivity contribution in [3.05, 3.63) is 83.1 Å². The molecule has 4 rings (SSSR count). The largest absolute Gasteiger partial charge is 0.381 e. The van der Waals surface area contributed by atoms with Crippen LogP contribution in [0.5, 0.6) is 0 Å². The third-order valence-electron chi connectivity index (χ3n) is 4.85. The Bertz CT molecular complexity index is 677. The van der Waals surface area contributed by atoms with E-state index in [-0.39, 0.29) is 6.10 Å². The van der Waals surface area contributed by atoms with Gasteiger partial charge in [-0.15, -0.1) is 0 Å². The lowest BCUT2D eigenvalue weighted by atomic mass is 9.85. The van der Waals surface area contributed by atoms with Crippen LogP contribution in [0.25, 0.3) is 0 Å². The molecule has 0 aromatic heterocycles. The maximum absolute atomic E-state index is 6.13. The molecular weight excluding hydrogens is 270 g/mol. The van der Waals surface area contributed by atoms with Crippen LogP contribution in [0.3, 0.4) is 0 Å². The summed E-state index contributed by atoms with van der Waals surface area (Å²) in [6.07, 6.45) is 1.09. The number of ether oxygens (including phenoxy) is 1. The van der Waals surface area contributed by atoms with E-state index < -0.39 is 0 Å². The van der Waals surface area contributed by atoms with Gasteiger partial charge in [0, 0.05) is 18.0 Å². The van der Waals surface area contributed by atoms with Crippen LogP contribution in [0.1, 0.15) is 36.6 Å². The second kappa shape index (κ2) is 5.62. The quantitative estimate of drug-likeness (QED) is 0.886. The lowest BCUT2D eigenvalue weighted by Gasteiger charge is -2.28. The number of hydrogen-bond acceptors (Lipinski definition) is 2. The van der Waals surface area contributed by atoms with Crippen LogP contribution in [0.15, 0.2) is 71.9 Å². The monoisotopic (exact) mass is 291 g/mol. The van der Waals surface area contributed by atoms with E-state index in [0.29, 0.717) is 12.0 Å². The molecule has 0 amide bonds. The maximum Gasteiger partial charge on any atom is 0.106 e. The fraction of sp³-hybridized carbons (Fsp3) is 0.300. The highest BCUT2D eigenvalue weighted by Gasteiger charge is 2.38. The highest BCUT2D eigenvalue weighted by Crippen LogP contribution is 2.46. The molecule has 1 N–H and O–H groups in total. The first kappa shape index (κ1) is 13.6. The molecule has 3 atom stereocenters. The standard InChI is InChI=1S/C20H21NO/c1-14-18-17(21-19(14)15-8-4-2-5-9-15)12-13-22-20(18)16-10-6-3-7-11-16/h2-11,14,19-21H,12-13H2,1H3/t14-,19+,20-/m0/s1. The average molecular weight is 291 g/mol. The van der Waals surface area contributed by atoms with Crippen LogP contribution >= 0.6 is 0 Å². The minimum atomic E-state index is 0.0983. The number of nitrogens with one attached hydrogen (secondary N) is 1. The summed E-state index contributed by atoms with van der Waals surface area (Å²) in [7, 11) is 0. The second-order valence-electron chi connectivity index (χ2n) is 6.17. The molecule has 0 bridgehead atoms. The number of benzene rings is 2. The molecule has 0 saturated heterocycles. The highest BCUT2D eigenvalue weighted by atomic mass is 16.5. The summed E-state index contributed by atoms with van der Waals surface area (Å²) >= 11 is 0. The van der Waals surface area contributed by atoms with Crippen LogP contribution < -0.4 is 5.32 Å². The SMILES string of the molecule is C[C@H]1C2=C(CCO[C@H]2c2ccccc2)N[C@H]1c1ccccc1. The zero-order valence-electron chi connectivity index (χ0n) is 12.8. The Morgan fingerprint density at radius 1 is 0.909 bits per heavy atom. The van der Waals surface area contributed by atoms with E-state index in [1.54, 1.807) is 0 Å². The lowest BCUT2D eigenvalue weighted by molar-refractivity contribution is 0.0625. The van der Waals surface area contributed by atoms with Crippen molar-refractivity contribution < 1.29 is 4.74 Å².